The molecule has 0 amide bonds. The number of nitrogens with zero attached hydrogens (tertiary/aromatic N) is 4. The van der Waals surface area contributed by atoms with Crippen LogP contribution in [0.25, 0.3) is 5.65 Å². The summed E-state index contributed by atoms with van der Waals surface area (Å²) in [4.78, 5) is 18.4. The van der Waals surface area contributed by atoms with Gasteiger partial charge in [-0.3, -0.25) is 0 Å². The zero-order valence-electron chi connectivity index (χ0n) is 14.4. The van der Waals surface area contributed by atoms with Gasteiger partial charge in [0.05, 0.1) is 12.8 Å². The molecule has 25 heavy (non-hydrogen) atoms. The van der Waals surface area contributed by atoms with Gasteiger partial charge in [0.25, 0.3) is 0 Å². The van der Waals surface area contributed by atoms with Gasteiger partial charge in [0.2, 0.25) is 0 Å². The van der Waals surface area contributed by atoms with Gasteiger partial charge in [0, 0.05) is 19.8 Å². The number of carbonyl (C=O) groups excluding carboxylic acids is 1. The smallest absolute Gasteiger partial charge is 0.343 e. The van der Waals surface area contributed by atoms with E-state index in [1.165, 1.54) is 22.8 Å². The van der Waals surface area contributed by atoms with Gasteiger partial charge in [0.15, 0.2) is 5.65 Å². The Morgan fingerprint density at radius 3 is 2.92 bits per heavy atom. The lowest BCUT2D eigenvalue weighted by atomic mass is 10.1. The number of ether oxygens (including phenoxy) is 1. The van der Waals surface area contributed by atoms with E-state index in [-0.39, 0.29) is 12.4 Å². The van der Waals surface area contributed by atoms with E-state index in [2.05, 4.69) is 10.1 Å². The number of hydrogen-bond donors (Lipinski definition) is 0. The van der Waals surface area contributed by atoms with Crippen LogP contribution in [0.3, 0.4) is 0 Å². The third-order valence-electron chi connectivity index (χ3n) is 3.96. The fourth-order valence-electron chi connectivity index (χ4n) is 2.57. The van der Waals surface area contributed by atoms with E-state index in [1.54, 1.807) is 25.3 Å². The average molecular weight is 342 g/mol. The van der Waals surface area contributed by atoms with Crippen molar-refractivity contribution in [3.8, 4) is 0 Å². The number of halogens is 1. The molecule has 0 aliphatic carbocycles. The topological polar surface area (TPSA) is 59.7 Å². The predicted octanol–water partition coefficient (Wildman–Crippen LogP) is 2.99. The van der Waals surface area contributed by atoms with Gasteiger partial charge in [-0.1, -0.05) is 6.07 Å². The summed E-state index contributed by atoms with van der Waals surface area (Å²) in [5.41, 5.74) is 2.63. The zero-order valence-corrected chi connectivity index (χ0v) is 14.4. The van der Waals surface area contributed by atoms with Crippen molar-refractivity contribution in [2.45, 2.75) is 20.4 Å². The molecule has 0 aliphatic heterocycles. The first-order valence-corrected chi connectivity index (χ1v) is 7.97. The lowest BCUT2D eigenvalue weighted by Gasteiger charge is -2.19. The maximum atomic E-state index is 13.5. The molecule has 0 N–H and O–H groups in total. The second-order valence-electron chi connectivity index (χ2n) is 5.76. The van der Waals surface area contributed by atoms with E-state index in [0.29, 0.717) is 23.6 Å². The summed E-state index contributed by atoms with van der Waals surface area (Å²) < 4.78 is 20.0. The number of anilines is 1. The fraction of sp³-hybridized carbons (Fsp3) is 0.278. The second kappa shape index (κ2) is 6.88. The number of aromatic nitrogens is 3. The predicted molar refractivity (Wildman–Crippen MR) is 92.2 cm³/mol. The summed E-state index contributed by atoms with van der Waals surface area (Å²) in [5, 5.41) is 4.12. The molecule has 0 unspecified atom stereocenters. The monoisotopic (exact) mass is 342 g/mol. The number of aryl methyl sites for hydroxylation is 1. The lowest BCUT2D eigenvalue weighted by molar-refractivity contribution is 0.0528. The van der Waals surface area contributed by atoms with Crippen LogP contribution in [-0.2, 0) is 11.3 Å². The molecule has 0 bridgehead atoms. The Balaban J connectivity index is 1.91. The molecular formula is C18H19FN4O2. The molecule has 1 aromatic carbocycles. The standard InChI is InChI=1S/C18H19FN4O2/c1-4-25-18(24)15-10-20-23-8-7-16(21-17(15)23)22(3)11-13-9-14(19)6-5-12(13)2/h5-10H,4,11H2,1-3H3. The Morgan fingerprint density at radius 1 is 1.36 bits per heavy atom. The van der Waals surface area contributed by atoms with E-state index in [9.17, 15) is 9.18 Å². The van der Waals surface area contributed by atoms with E-state index in [0.717, 1.165) is 11.1 Å². The van der Waals surface area contributed by atoms with Crippen molar-refractivity contribution in [2.75, 3.05) is 18.6 Å². The average Bonchev–Trinajstić information content (AvgIpc) is 3.01. The summed E-state index contributed by atoms with van der Waals surface area (Å²) in [5.74, 6) is -0.0641. The molecule has 0 radical (unpaired) electrons. The summed E-state index contributed by atoms with van der Waals surface area (Å²) in [7, 11) is 1.86. The molecule has 0 spiro atoms. The molecule has 7 heteroatoms. The maximum Gasteiger partial charge on any atom is 0.343 e. The Labute approximate surface area is 144 Å². The summed E-state index contributed by atoms with van der Waals surface area (Å²) in [6.45, 7) is 4.47. The van der Waals surface area contributed by atoms with Crippen LogP contribution in [0.1, 0.15) is 28.4 Å². The van der Waals surface area contributed by atoms with Gasteiger partial charge in [-0.25, -0.2) is 18.7 Å². The molecule has 2 aromatic heterocycles. The third kappa shape index (κ3) is 3.45. The number of esters is 1. The van der Waals surface area contributed by atoms with E-state index in [1.807, 2.05) is 18.9 Å². The largest absolute Gasteiger partial charge is 0.462 e. The highest BCUT2D eigenvalue weighted by molar-refractivity contribution is 5.95. The minimum absolute atomic E-state index is 0.266. The Hall–Kier alpha value is -2.96. The van der Waals surface area contributed by atoms with Crippen LogP contribution in [0.4, 0.5) is 10.2 Å². The van der Waals surface area contributed by atoms with Gasteiger partial charge < -0.3 is 9.64 Å². The quantitative estimate of drug-likeness (QED) is 0.667. The van der Waals surface area contributed by atoms with E-state index >= 15 is 0 Å². The fourth-order valence-corrected chi connectivity index (χ4v) is 2.57. The highest BCUT2D eigenvalue weighted by atomic mass is 19.1. The molecule has 0 saturated heterocycles. The molecule has 0 fully saturated rings. The Morgan fingerprint density at radius 2 is 2.16 bits per heavy atom. The summed E-state index contributed by atoms with van der Waals surface area (Å²) in [6, 6.07) is 6.52. The van der Waals surface area contributed by atoms with E-state index < -0.39 is 5.97 Å². The molecule has 0 saturated carbocycles. The van der Waals surface area contributed by atoms with Crippen molar-refractivity contribution in [2.24, 2.45) is 0 Å². The van der Waals surface area contributed by atoms with Crippen LogP contribution in [0.15, 0.2) is 36.7 Å². The second-order valence-corrected chi connectivity index (χ2v) is 5.76. The first-order chi connectivity index (χ1) is 12.0. The van der Waals surface area contributed by atoms with Crippen LogP contribution >= 0.6 is 0 Å². The number of benzene rings is 1. The Kier molecular flexibility index (Phi) is 4.65. The molecular weight excluding hydrogens is 323 g/mol. The van der Waals surface area contributed by atoms with Crippen molar-refractivity contribution >= 4 is 17.4 Å². The van der Waals surface area contributed by atoms with Gasteiger partial charge >= 0.3 is 5.97 Å². The highest BCUT2D eigenvalue weighted by Crippen LogP contribution is 2.19. The van der Waals surface area contributed by atoms with Crippen LogP contribution in [0.2, 0.25) is 0 Å². The number of rotatable bonds is 5. The maximum absolute atomic E-state index is 13.5. The van der Waals surface area contributed by atoms with Crippen molar-refractivity contribution in [1.29, 1.82) is 0 Å². The molecule has 0 atom stereocenters. The normalized spacial score (nSPS) is 10.9. The third-order valence-corrected chi connectivity index (χ3v) is 3.96. The molecule has 3 rings (SSSR count). The van der Waals surface area contributed by atoms with Crippen molar-refractivity contribution in [1.82, 2.24) is 14.6 Å². The summed E-state index contributed by atoms with van der Waals surface area (Å²) in [6.07, 6.45) is 3.18. The molecule has 3 aromatic rings. The Bertz CT molecular complexity index is 923. The lowest BCUT2D eigenvalue weighted by Crippen LogP contribution is -2.19. The van der Waals surface area contributed by atoms with E-state index in [4.69, 9.17) is 4.74 Å². The zero-order chi connectivity index (χ0) is 18.0. The number of carbonyl (C=O) groups is 1. The van der Waals surface area contributed by atoms with Gasteiger partial charge in [-0.15, -0.1) is 0 Å². The van der Waals surface area contributed by atoms with Crippen molar-refractivity contribution < 1.29 is 13.9 Å². The van der Waals surface area contributed by atoms with Crippen LogP contribution in [0.5, 0.6) is 0 Å². The summed E-state index contributed by atoms with van der Waals surface area (Å²) >= 11 is 0. The molecule has 6 nitrogen and oxygen atoms in total. The van der Waals surface area contributed by atoms with Crippen molar-refractivity contribution in [3.63, 3.8) is 0 Å². The molecule has 130 valence electrons. The minimum Gasteiger partial charge on any atom is -0.462 e. The van der Waals surface area contributed by atoms with Gasteiger partial charge in [-0.05, 0) is 43.2 Å². The van der Waals surface area contributed by atoms with Crippen LogP contribution in [-0.4, -0.2) is 34.2 Å². The van der Waals surface area contributed by atoms with Crippen molar-refractivity contribution in [3.05, 3.63) is 59.2 Å². The SMILES string of the molecule is CCOC(=O)c1cnn2ccc(N(C)Cc3cc(F)ccc3C)nc12. The van der Waals surface area contributed by atoms with Gasteiger partial charge in [0.1, 0.15) is 17.2 Å². The minimum atomic E-state index is -0.453. The number of fused-ring (bicyclic) bond motifs is 1. The molecule has 2 heterocycles. The highest BCUT2D eigenvalue weighted by Gasteiger charge is 2.16. The van der Waals surface area contributed by atoms with Crippen LogP contribution in [0, 0.1) is 12.7 Å². The van der Waals surface area contributed by atoms with Gasteiger partial charge in [-0.2, -0.15) is 5.10 Å². The van der Waals surface area contributed by atoms with Crippen LogP contribution < -0.4 is 4.90 Å². The first-order valence-electron chi connectivity index (χ1n) is 7.97. The number of hydrogen-bond acceptors (Lipinski definition) is 5. The molecule has 0 aliphatic rings. The first kappa shape index (κ1) is 16.9.